The van der Waals surface area contributed by atoms with Crippen LogP contribution in [0.25, 0.3) is 0 Å². The fraction of sp³-hybridized carbons (Fsp3) is 0.125. The van der Waals surface area contributed by atoms with Crippen molar-refractivity contribution in [1.29, 1.82) is 0 Å². The molecule has 5 heteroatoms. The van der Waals surface area contributed by atoms with Crippen molar-refractivity contribution >= 4 is 12.0 Å². The molecule has 1 aromatic carbocycles. The highest BCUT2D eigenvalue weighted by Gasteiger charge is 2.14. The first-order chi connectivity index (χ1) is 6.19. The molecule has 13 heavy (non-hydrogen) atoms. The second-order valence-electron chi connectivity index (χ2n) is 2.21. The average Bonchev–Trinajstić information content (AvgIpc) is 2.16. The zero-order valence-corrected chi connectivity index (χ0v) is 6.81. The topological polar surface area (TPSA) is 69.4 Å². The quantitative estimate of drug-likeness (QED) is 0.398. The maximum absolute atomic E-state index is 10.4. The number of nitro benzene ring substituents is 1. The van der Waals surface area contributed by atoms with Gasteiger partial charge in [0.15, 0.2) is 6.29 Å². The van der Waals surface area contributed by atoms with Crippen molar-refractivity contribution in [2.24, 2.45) is 0 Å². The third kappa shape index (κ3) is 1.81. The number of aldehydes is 1. The highest BCUT2D eigenvalue weighted by Crippen LogP contribution is 2.25. The molecular weight excluding hydrogens is 174 g/mol. The number of nitrogens with zero attached hydrogens (tertiary/aromatic N) is 1. The summed E-state index contributed by atoms with van der Waals surface area (Å²) in [6, 6.07) is 4.98. The maximum Gasteiger partial charge on any atom is 0.311 e. The molecule has 0 aliphatic heterocycles. The predicted molar refractivity (Wildman–Crippen MR) is 43.9 cm³/mol. The van der Waals surface area contributed by atoms with Crippen LogP contribution in [0.4, 0.5) is 5.69 Å². The van der Waals surface area contributed by atoms with Gasteiger partial charge in [-0.2, -0.15) is 0 Å². The fourth-order valence-electron chi connectivity index (χ4n) is 0.849. The van der Waals surface area contributed by atoms with Crippen LogP contribution in [0.15, 0.2) is 12.1 Å². The molecule has 0 unspecified atom stereocenters. The monoisotopic (exact) mass is 180 g/mol. The van der Waals surface area contributed by atoms with Gasteiger partial charge >= 0.3 is 5.69 Å². The van der Waals surface area contributed by atoms with E-state index in [2.05, 4.69) is 6.07 Å². The van der Waals surface area contributed by atoms with Crippen molar-refractivity contribution in [2.45, 2.75) is 0 Å². The molecule has 0 atom stereocenters. The van der Waals surface area contributed by atoms with E-state index in [4.69, 9.17) is 4.74 Å². The van der Waals surface area contributed by atoms with E-state index >= 15 is 0 Å². The average molecular weight is 180 g/mol. The third-order valence-corrected chi connectivity index (χ3v) is 1.44. The van der Waals surface area contributed by atoms with Gasteiger partial charge in [-0.25, -0.2) is 0 Å². The minimum atomic E-state index is -0.593. The van der Waals surface area contributed by atoms with Crippen LogP contribution >= 0.6 is 0 Å². The molecule has 1 aromatic rings. The number of carbonyl (C=O) groups excluding carboxylic acids is 1. The lowest BCUT2D eigenvalue weighted by Gasteiger charge is -2.00. The molecule has 0 heterocycles. The van der Waals surface area contributed by atoms with Gasteiger partial charge in [-0.3, -0.25) is 14.9 Å². The van der Waals surface area contributed by atoms with Crippen molar-refractivity contribution < 1.29 is 14.5 Å². The lowest BCUT2D eigenvalue weighted by atomic mass is 10.2. The van der Waals surface area contributed by atoms with Gasteiger partial charge in [-0.15, -0.1) is 0 Å². The molecule has 0 aliphatic rings. The number of hydrogen-bond acceptors (Lipinski definition) is 4. The Balaban J connectivity index is 3.23. The highest BCUT2D eigenvalue weighted by atomic mass is 16.6. The van der Waals surface area contributed by atoms with Crippen molar-refractivity contribution in [3.05, 3.63) is 33.9 Å². The number of benzene rings is 1. The van der Waals surface area contributed by atoms with E-state index in [1.807, 2.05) is 0 Å². The molecule has 0 bridgehead atoms. The third-order valence-electron chi connectivity index (χ3n) is 1.44. The Kier molecular flexibility index (Phi) is 2.59. The zero-order valence-electron chi connectivity index (χ0n) is 6.81. The summed E-state index contributed by atoms with van der Waals surface area (Å²) in [5.74, 6) is -0.0328. The van der Waals surface area contributed by atoms with Gasteiger partial charge in [0, 0.05) is 17.7 Å². The summed E-state index contributed by atoms with van der Waals surface area (Å²) in [6.45, 7) is 0. The SMILES string of the molecule is COc1[c]c(C=O)ccc1[N+](=O)[O-]. The van der Waals surface area contributed by atoms with Gasteiger partial charge in [-0.05, 0) is 6.07 Å². The highest BCUT2D eigenvalue weighted by molar-refractivity contribution is 5.76. The summed E-state index contributed by atoms with van der Waals surface area (Å²) < 4.78 is 4.69. The van der Waals surface area contributed by atoms with Gasteiger partial charge in [0.1, 0.15) is 0 Å². The molecule has 0 saturated heterocycles. The Morgan fingerprint density at radius 3 is 2.77 bits per heavy atom. The van der Waals surface area contributed by atoms with E-state index in [0.717, 1.165) is 0 Å². The summed E-state index contributed by atoms with van der Waals surface area (Å²) in [5, 5.41) is 10.4. The molecule has 5 nitrogen and oxygen atoms in total. The van der Waals surface area contributed by atoms with E-state index < -0.39 is 4.92 Å². The Morgan fingerprint density at radius 2 is 2.31 bits per heavy atom. The molecule has 0 fully saturated rings. The van der Waals surface area contributed by atoms with Crippen LogP contribution in [0.2, 0.25) is 0 Å². The molecule has 67 valence electrons. The minimum Gasteiger partial charge on any atom is -0.490 e. The number of methoxy groups -OCH3 is 1. The fourth-order valence-corrected chi connectivity index (χ4v) is 0.849. The smallest absolute Gasteiger partial charge is 0.311 e. The molecular formula is C8H6NO4. The van der Waals surface area contributed by atoms with Crippen LogP contribution in [0.3, 0.4) is 0 Å². The van der Waals surface area contributed by atoms with Gasteiger partial charge in [0.25, 0.3) is 0 Å². The molecule has 0 amide bonds. The van der Waals surface area contributed by atoms with Crippen molar-refractivity contribution in [3.8, 4) is 5.75 Å². The number of nitro groups is 1. The van der Waals surface area contributed by atoms with Gasteiger partial charge in [-0.1, -0.05) is 0 Å². The van der Waals surface area contributed by atoms with Crippen LogP contribution < -0.4 is 4.74 Å². The second-order valence-corrected chi connectivity index (χ2v) is 2.21. The van der Waals surface area contributed by atoms with Gasteiger partial charge in [0.05, 0.1) is 12.0 Å². The van der Waals surface area contributed by atoms with Gasteiger partial charge in [0.2, 0.25) is 5.75 Å². The Morgan fingerprint density at radius 1 is 1.62 bits per heavy atom. The molecule has 1 rings (SSSR count). The summed E-state index contributed by atoms with van der Waals surface area (Å²) in [4.78, 5) is 20.1. The van der Waals surface area contributed by atoms with Gasteiger partial charge < -0.3 is 4.74 Å². The lowest BCUT2D eigenvalue weighted by molar-refractivity contribution is -0.385. The lowest BCUT2D eigenvalue weighted by Crippen LogP contribution is -1.94. The van der Waals surface area contributed by atoms with Crippen molar-refractivity contribution in [2.75, 3.05) is 7.11 Å². The van der Waals surface area contributed by atoms with Crippen LogP contribution in [0, 0.1) is 16.2 Å². The van der Waals surface area contributed by atoms with Crippen molar-refractivity contribution in [1.82, 2.24) is 0 Å². The largest absolute Gasteiger partial charge is 0.490 e. The van der Waals surface area contributed by atoms with Crippen LogP contribution in [0.5, 0.6) is 5.75 Å². The van der Waals surface area contributed by atoms with E-state index in [-0.39, 0.29) is 17.0 Å². The second kappa shape index (κ2) is 3.66. The van der Waals surface area contributed by atoms with Crippen LogP contribution in [-0.4, -0.2) is 18.3 Å². The molecule has 0 aromatic heterocycles. The molecule has 0 saturated carbocycles. The summed E-state index contributed by atoms with van der Waals surface area (Å²) in [5.41, 5.74) is 0.0237. The Hall–Kier alpha value is -1.91. The molecule has 1 radical (unpaired) electrons. The van der Waals surface area contributed by atoms with Crippen LogP contribution in [0.1, 0.15) is 10.4 Å². The minimum absolute atomic E-state index is 0.0328. The Labute approximate surface area is 74.1 Å². The van der Waals surface area contributed by atoms with Crippen LogP contribution in [-0.2, 0) is 0 Å². The van der Waals surface area contributed by atoms with E-state index in [1.54, 1.807) is 0 Å². The summed E-state index contributed by atoms with van der Waals surface area (Å²) in [7, 11) is 1.29. The standard InChI is InChI=1S/C8H6NO4/c1-13-8-4-6(5-10)2-3-7(8)9(11)12/h2-3,5H,1H3. The maximum atomic E-state index is 10.4. The first kappa shape index (κ1) is 9.18. The number of rotatable bonds is 3. The Bertz CT molecular complexity index is 348. The molecule has 0 N–H and O–H groups in total. The predicted octanol–water partition coefficient (Wildman–Crippen LogP) is 1.22. The molecule has 0 aliphatic carbocycles. The first-order valence-electron chi connectivity index (χ1n) is 3.39. The zero-order chi connectivity index (χ0) is 9.84. The number of ether oxygens (including phenoxy) is 1. The van der Waals surface area contributed by atoms with E-state index in [1.165, 1.54) is 19.2 Å². The number of hydrogen-bond donors (Lipinski definition) is 0. The van der Waals surface area contributed by atoms with E-state index in [9.17, 15) is 14.9 Å². The normalized spacial score (nSPS) is 9.31. The summed E-state index contributed by atoms with van der Waals surface area (Å²) in [6.07, 6.45) is 0.548. The van der Waals surface area contributed by atoms with E-state index in [0.29, 0.717) is 6.29 Å². The van der Waals surface area contributed by atoms with Crippen molar-refractivity contribution in [3.63, 3.8) is 0 Å². The number of carbonyl (C=O) groups is 1. The first-order valence-corrected chi connectivity index (χ1v) is 3.39. The molecule has 0 spiro atoms. The summed E-state index contributed by atoms with van der Waals surface area (Å²) >= 11 is 0.